The van der Waals surface area contributed by atoms with E-state index in [9.17, 15) is 5.11 Å². The number of rotatable bonds is 3. The van der Waals surface area contributed by atoms with Gasteiger partial charge >= 0.3 is 0 Å². The summed E-state index contributed by atoms with van der Waals surface area (Å²) in [6.45, 7) is 1.88. The van der Waals surface area contributed by atoms with E-state index in [1.807, 2.05) is 13.0 Å². The summed E-state index contributed by atoms with van der Waals surface area (Å²) in [5, 5.41) is 10.7. The topological polar surface area (TPSA) is 33.4 Å². The van der Waals surface area contributed by atoms with Gasteiger partial charge in [0.15, 0.2) is 0 Å². The lowest BCUT2D eigenvalue weighted by Gasteiger charge is -2.32. The molecule has 0 amide bonds. The van der Waals surface area contributed by atoms with Crippen LogP contribution in [0.25, 0.3) is 0 Å². The lowest BCUT2D eigenvalue weighted by molar-refractivity contribution is 0.0375. The fourth-order valence-corrected chi connectivity index (χ4v) is 3.24. The molecule has 0 saturated carbocycles. The van der Waals surface area contributed by atoms with Crippen LogP contribution in [0.2, 0.25) is 0 Å². The summed E-state index contributed by atoms with van der Waals surface area (Å²) in [5.74, 6) is 0.440. The van der Waals surface area contributed by atoms with Crippen molar-refractivity contribution in [1.29, 1.82) is 0 Å². The molecule has 1 aliphatic rings. The molecule has 0 saturated heterocycles. The summed E-state index contributed by atoms with van der Waals surface area (Å²) in [7, 11) is 0. The van der Waals surface area contributed by atoms with Crippen molar-refractivity contribution in [2.24, 2.45) is 0 Å². The highest BCUT2D eigenvalue weighted by Crippen LogP contribution is 2.40. The highest BCUT2D eigenvalue weighted by molar-refractivity contribution is 5.33. The molecular formula is C17H20O2. The molecule has 2 atom stereocenters. The Kier molecular flexibility index (Phi) is 3.19. The number of hydrogen-bond donors (Lipinski definition) is 1. The van der Waals surface area contributed by atoms with Crippen LogP contribution in [-0.2, 0) is 12.0 Å². The van der Waals surface area contributed by atoms with Crippen molar-refractivity contribution in [3.8, 4) is 0 Å². The Hall–Kier alpha value is -1.54. The van der Waals surface area contributed by atoms with Gasteiger partial charge in [-0.25, -0.2) is 0 Å². The highest BCUT2D eigenvalue weighted by Gasteiger charge is 2.31. The summed E-state index contributed by atoms with van der Waals surface area (Å²) >= 11 is 0. The zero-order valence-electron chi connectivity index (χ0n) is 11.3. The maximum Gasteiger partial charge on any atom is 0.0963 e. The van der Waals surface area contributed by atoms with E-state index in [0.717, 1.165) is 18.4 Å². The van der Waals surface area contributed by atoms with E-state index in [-0.39, 0.29) is 0 Å². The van der Waals surface area contributed by atoms with E-state index in [0.29, 0.717) is 5.92 Å². The third kappa shape index (κ3) is 2.45. The molecular weight excluding hydrogens is 236 g/mol. The number of aliphatic hydroxyl groups is 1. The van der Waals surface area contributed by atoms with Crippen LogP contribution in [0.15, 0.2) is 47.3 Å². The smallest absolute Gasteiger partial charge is 0.0963 e. The third-order valence-electron chi connectivity index (χ3n) is 4.28. The Morgan fingerprint density at radius 2 is 2.16 bits per heavy atom. The van der Waals surface area contributed by atoms with Gasteiger partial charge in [0.1, 0.15) is 0 Å². The van der Waals surface area contributed by atoms with Crippen LogP contribution in [0.5, 0.6) is 0 Å². The minimum Gasteiger partial charge on any atom is -0.472 e. The molecule has 100 valence electrons. The summed E-state index contributed by atoms with van der Waals surface area (Å²) in [5.41, 5.74) is 2.91. The maximum atomic E-state index is 10.7. The van der Waals surface area contributed by atoms with Crippen LogP contribution in [0.3, 0.4) is 0 Å². The molecule has 0 radical (unpaired) electrons. The minimum atomic E-state index is -0.817. The summed E-state index contributed by atoms with van der Waals surface area (Å²) < 4.78 is 5.10. The lowest BCUT2D eigenvalue weighted by Crippen LogP contribution is -2.25. The Morgan fingerprint density at radius 1 is 1.32 bits per heavy atom. The van der Waals surface area contributed by atoms with Crippen molar-refractivity contribution in [2.45, 2.75) is 44.1 Å². The van der Waals surface area contributed by atoms with Crippen LogP contribution in [0.1, 0.15) is 48.8 Å². The van der Waals surface area contributed by atoms with Crippen molar-refractivity contribution >= 4 is 0 Å². The molecule has 3 rings (SSSR count). The van der Waals surface area contributed by atoms with Gasteiger partial charge in [-0.15, -0.1) is 0 Å². The van der Waals surface area contributed by atoms with E-state index in [1.165, 1.54) is 24.0 Å². The molecule has 1 N–H and O–H groups in total. The molecule has 0 bridgehead atoms. The van der Waals surface area contributed by atoms with Gasteiger partial charge in [0.05, 0.1) is 18.1 Å². The van der Waals surface area contributed by atoms with Crippen molar-refractivity contribution in [2.75, 3.05) is 0 Å². The first-order valence-electron chi connectivity index (χ1n) is 7.00. The predicted molar refractivity (Wildman–Crippen MR) is 75.0 cm³/mol. The van der Waals surface area contributed by atoms with Crippen molar-refractivity contribution < 1.29 is 9.52 Å². The predicted octanol–water partition coefficient (Wildman–Crippen LogP) is 4.00. The molecule has 0 fully saturated rings. The molecule has 1 aliphatic carbocycles. The second-order valence-electron chi connectivity index (χ2n) is 5.78. The van der Waals surface area contributed by atoms with Gasteiger partial charge in [-0.3, -0.25) is 0 Å². The zero-order valence-corrected chi connectivity index (χ0v) is 11.3. The molecule has 0 spiro atoms. The van der Waals surface area contributed by atoms with Crippen LogP contribution in [0.4, 0.5) is 0 Å². The van der Waals surface area contributed by atoms with Gasteiger partial charge in [-0.2, -0.15) is 0 Å². The zero-order chi connectivity index (χ0) is 13.3. The normalized spacial score (nSPS) is 21.7. The summed E-state index contributed by atoms with van der Waals surface area (Å²) in [4.78, 5) is 0. The number of fused-ring (bicyclic) bond motifs is 1. The SMILES string of the molecule is CC(O)(CC1CCCc2ccccc21)c1ccoc1. The van der Waals surface area contributed by atoms with Gasteiger partial charge in [0, 0.05) is 5.56 Å². The number of benzene rings is 1. The molecule has 2 heteroatoms. The van der Waals surface area contributed by atoms with Gasteiger partial charge in [-0.1, -0.05) is 24.3 Å². The monoisotopic (exact) mass is 256 g/mol. The first kappa shape index (κ1) is 12.5. The quantitative estimate of drug-likeness (QED) is 0.900. The first-order valence-corrected chi connectivity index (χ1v) is 7.00. The van der Waals surface area contributed by atoms with Crippen molar-refractivity contribution in [1.82, 2.24) is 0 Å². The average Bonchev–Trinajstić information content (AvgIpc) is 2.93. The molecule has 19 heavy (non-hydrogen) atoms. The molecule has 2 nitrogen and oxygen atoms in total. The van der Waals surface area contributed by atoms with Gasteiger partial charge < -0.3 is 9.52 Å². The van der Waals surface area contributed by atoms with Crippen LogP contribution < -0.4 is 0 Å². The highest BCUT2D eigenvalue weighted by atomic mass is 16.3. The Balaban J connectivity index is 1.85. The molecule has 1 aromatic heterocycles. The molecule has 1 aromatic carbocycles. The molecule has 2 unspecified atom stereocenters. The van der Waals surface area contributed by atoms with Gasteiger partial charge in [0.2, 0.25) is 0 Å². The Morgan fingerprint density at radius 3 is 2.95 bits per heavy atom. The lowest BCUT2D eigenvalue weighted by atomic mass is 9.76. The van der Waals surface area contributed by atoms with E-state index >= 15 is 0 Å². The van der Waals surface area contributed by atoms with Gasteiger partial charge in [0.25, 0.3) is 0 Å². The second kappa shape index (κ2) is 4.86. The van der Waals surface area contributed by atoms with Crippen LogP contribution in [-0.4, -0.2) is 5.11 Å². The first-order chi connectivity index (χ1) is 9.17. The summed E-state index contributed by atoms with van der Waals surface area (Å²) in [6.07, 6.45) is 7.56. The van der Waals surface area contributed by atoms with E-state index < -0.39 is 5.60 Å². The van der Waals surface area contributed by atoms with Gasteiger partial charge in [-0.05, 0) is 55.7 Å². The molecule has 0 aliphatic heterocycles. The summed E-state index contributed by atoms with van der Waals surface area (Å²) in [6, 6.07) is 10.5. The van der Waals surface area contributed by atoms with E-state index in [4.69, 9.17) is 4.42 Å². The number of hydrogen-bond acceptors (Lipinski definition) is 2. The number of aryl methyl sites for hydroxylation is 1. The Labute approximate surface area is 114 Å². The van der Waals surface area contributed by atoms with E-state index in [2.05, 4.69) is 24.3 Å². The number of furan rings is 1. The van der Waals surface area contributed by atoms with E-state index in [1.54, 1.807) is 12.5 Å². The second-order valence-corrected chi connectivity index (χ2v) is 5.78. The van der Waals surface area contributed by atoms with Crippen molar-refractivity contribution in [3.05, 3.63) is 59.5 Å². The third-order valence-corrected chi connectivity index (χ3v) is 4.28. The molecule has 2 aromatic rings. The molecule has 1 heterocycles. The van der Waals surface area contributed by atoms with Crippen LogP contribution in [0, 0.1) is 0 Å². The Bertz CT molecular complexity index is 540. The minimum absolute atomic E-state index is 0.440. The maximum absolute atomic E-state index is 10.7. The van der Waals surface area contributed by atoms with Crippen LogP contribution >= 0.6 is 0 Å². The fraction of sp³-hybridized carbons (Fsp3) is 0.412. The largest absolute Gasteiger partial charge is 0.472 e. The van der Waals surface area contributed by atoms with Crippen molar-refractivity contribution in [3.63, 3.8) is 0 Å². The average molecular weight is 256 g/mol. The fourth-order valence-electron chi connectivity index (χ4n) is 3.24. The standard InChI is InChI=1S/C17H20O2/c1-17(18,15-9-10-19-12-15)11-14-7-4-6-13-5-2-3-8-16(13)14/h2-3,5,8-10,12,14,18H,4,6-7,11H2,1H3.